The molecule has 0 saturated heterocycles. The van der Waals surface area contributed by atoms with Gasteiger partial charge in [-0.25, -0.2) is 4.79 Å². The number of rotatable bonds is 2. The molecule has 0 atom stereocenters. The quantitative estimate of drug-likeness (QED) is 0.890. The Bertz CT molecular complexity index is 726. The summed E-state index contributed by atoms with van der Waals surface area (Å²) in [6.45, 7) is 0. The van der Waals surface area contributed by atoms with Gasteiger partial charge in [0.1, 0.15) is 0 Å². The van der Waals surface area contributed by atoms with Crippen LogP contribution in [-0.2, 0) is 0 Å². The molecule has 92 valence electrons. The van der Waals surface area contributed by atoms with E-state index in [2.05, 4.69) is 0 Å². The van der Waals surface area contributed by atoms with Crippen molar-refractivity contribution in [2.24, 2.45) is 0 Å². The number of aromatic carboxylic acids is 1. The van der Waals surface area contributed by atoms with Gasteiger partial charge in [-0.2, -0.15) is 0 Å². The zero-order valence-electron chi connectivity index (χ0n) is 9.96. The highest BCUT2D eigenvalue weighted by atomic mass is 16.4. The van der Waals surface area contributed by atoms with Gasteiger partial charge in [0.25, 0.3) is 0 Å². The first-order valence-corrected chi connectivity index (χ1v) is 5.86. The molecule has 3 rings (SSSR count). The lowest BCUT2D eigenvalue weighted by molar-refractivity contribution is 0.0696. The van der Waals surface area contributed by atoms with E-state index in [0.29, 0.717) is 16.7 Å². The van der Waals surface area contributed by atoms with Crippen LogP contribution < -0.4 is 0 Å². The topological polar surface area (TPSA) is 54.4 Å². The molecule has 2 aromatic rings. The number of hydrogen-bond acceptors (Lipinski definition) is 2. The molecule has 3 nitrogen and oxygen atoms in total. The number of hydrogen-bond donors (Lipinski definition) is 1. The molecule has 19 heavy (non-hydrogen) atoms. The minimum absolute atomic E-state index is 0.121. The van der Waals surface area contributed by atoms with Gasteiger partial charge in [0.05, 0.1) is 5.56 Å². The van der Waals surface area contributed by atoms with E-state index >= 15 is 0 Å². The predicted molar refractivity (Wildman–Crippen MR) is 72.0 cm³/mol. The Morgan fingerprint density at radius 1 is 0.895 bits per heavy atom. The summed E-state index contributed by atoms with van der Waals surface area (Å²) in [6.07, 6.45) is 1.75. The highest BCUT2D eigenvalue weighted by molar-refractivity contribution is 6.38. The molecule has 0 unspecified atom stereocenters. The Kier molecular flexibility index (Phi) is 2.53. The Balaban J connectivity index is 2.17. The lowest BCUT2D eigenvalue weighted by atomic mass is 9.97. The van der Waals surface area contributed by atoms with Gasteiger partial charge in [-0.1, -0.05) is 42.5 Å². The normalized spacial score (nSPS) is 13.1. The van der Waals surface area contributed by atoms with Crippen molar-refractivity contribution in [3.05, 3.63) is 70.8 Å². The highest BCUT2D eigenvalue weighted by Gasteiger charge is 2.25. The standard InChI is InChI=1S/C16H10O3/c17-15-11-6-2-1-5-10(11)9-14(15)12-7-3-4-8-13(12)16(18)19/h1-9H,(H,18,19). The van der Waals surface area contributed by atoms with Crippen LogP contribution >= 0.6 is 0 Å². The summed E-state index contributed by atoms with van der Waals surface area (Å²) < 4.78 is 0. The van der Waals surface area contributed by atoms with Crippen LogP contribution in [0.15, 0.2) is 48.5 Å². The van der Waals surface area contributed by atoms with E-state index < -0.39 is 5.97 Å². The first-order valence-electron chi connectivity index (χ1n) is 5.86. The summed E-state index contributed by atoms with van der Waals surface area (Å²) in [6, 6.07) is 13.8. The Labute approximate surface area is 109 Å². The molecular weight excluding hydrogens is 240 g/mol. The zero-order chi connectivity index (χ0) is 13.4. The second-order valence-corrected chi connectivity index (χ2v) is 4.33. The molecule has 0 bridgehead atoms. The predicted octanol–water partition coefficient (Wildman–Crippen LogP) is 3.12. The maximum absolute atomic E-state index is 12.3. The molecule has 1 aliphatic rings. The third kappa shape index (κ3) is 1.76. The van der Waals surface area contributed by atoms with Gasteiger partial charge < -0.3 is 5.11 Å². The molecule has 3 heteroatoms. The van der Waals surface area contributed by atoms with Gasteiger partial charge in [0.15, 0.2) is 5.78 Å². The number of carboxylic acid groups (broad SMARTS) is 1. The molecule has 0 saturated carbocycles. The average molecular weight is 250 g/mol. The summed E-state index contributed by atoms with van der Waals surface area (Å²) in [5, 5.41) is 9.19. The van der Waals surface area contributed by atoms with Gasteiger partial charge in [0.2, 0.25) is 0 Å². The molecule has 0 fully saturated rings. The van der Waals surface area contributed by atoms with E-state index in [-0.39, 0.29) is 11.3 Å². The highest BCUT2D eigenvalue weighted by Crippen LogP contribution is 2.32. The summed E-state index contributed by atoms with van der Waals surface area (Å²) in [5.74, 6) is -1.15. The first-order chi connectivity index (χ1) is 9.18. The fraction of sp³-hybridized carbons (Fsp3) is 0. The second-order valence-electron chi connectivity index (χ2n) is 4.33. The van der Waals surface area contributed by atoms with E-state index in [1.165, 1.54) is 6.07 Å². The average Bonchev–Trinajstić information content (AvgIpc) is 2.76. The third-order valence-corrected chi connectivity index (χ3v) is 3.20. The maximum Gasteiger partial charge on any atom is 0.336 e. The number of carbonyl (C=O) groups is 2. The number of allylic oxidation sites excluding steroid dienone is 1. The van der Waals surface area contributed by atoms with Crippen LogP contribution in [0.2, 0.25) is 0 Å². The minimum atomic E-state index is -1.03. The van der Waals surface area contributed by atoms with Gasteiger partial charge in [-0.3, -0.25) is 4.79 Å². The number of ketones is 1. The lowest BCUT2D eigenvalue weighted by Crippen LogP contribution is -2.05. The van der Waals surface area contributed by atoms with Gasteiger partial charge in [-0.15, -0.1) is 0 Å². The molecule has 0 radical (unpaired) electrons. The van der Waals surface area contributed by atoms with E-state index in [1.807, 2.05) is 12.1 Å². The summed E-state index contributed by atoms with van der Waals surface area (Å²) >= 11 is 0. The summed E-state index contributed by atoms with van der Waals surface area (Å²) in [7, 11) is 0. The fourth-order valence-corrected chi connectivity index (χ4v) is 2.30. The fourth-order valence-electron chi connectivity index (χ4n) is 2.30. The maximum atomic E-state index is 12.3. The Hall–Kier alpha value is -2.68. The molecule has 0 aromatic heterocycles. The number of fused-ring (bicyclic) bond motifs is 1. The number of carboxylic acids is 1. The van der Waals surface area contributed by atoms with Crippen LogP contribution in [0.1, 0.15) is 31.8 Å². The van der Waals surface area contributed by atoms with Gasteiger partial charge in [0, 0.05) is 16.7 Å². The monoisotopic (exact) mass is 250 g/mol. The van der Waals surface area contributed by atoms with E-state index in [1.54, 1.807) is 36.4 Å². The van der Waals surface area contributed by atoms with Crippen molar-refractivity contribution in [2.75, 3.05) is 0 Å². The van der Waals surface area contributed by atoms with Crippen LogP contribution in [0, 0.1) is 0 Å². The van der Waals surface area contributed by atoms with Crippen LogP contribution in [0.4, 0.5) is 0 Å². The Morgan fingerprint density at radius 2 is 1.53 bits per heavy atom. The SMILES string of the molecule is O=C1C(c2ccccc2C(=O)O)=Cc2ccccc21. The molecule has 1 N–H and O–H groups in total. The van der Waals surface area contributed by atoms with Crippen molar-refractivity contribution in [1.29, 1.82) is 0 Å². The van der Waals surface area contributed by atoms with Crippen LogP contribution in [0.5, 0.6) is 0 Å². The molecule has 0 spiro atoms. The smallest absolute Gasteiger partial charge is 0.336 e. The van der Waals surface area contributed by atoms with E-state index in [0.717, 1.165) is 5.56 Å². The molecule has 1 aliphatic carbocycles. The minimum Gasteiger partial charge on any atom is -0.478 e. The van der Waals surface area contributed by atoms with Crippen LogP contribution in [0.3, 0.4) is 0 Å². The summed E-state index contributed by atoms with van der Waals surface area (Å²) in [5.41, 5.74) is 2.52. The van der Waals surface area contributed by atoms with Crippen molar-refractivity contribution in [3.63, 3.8) is 0 Å². The molecule has 0 aliphatic heterocycles. The number of Topliss-reactive ketones (excluding diaryl/α,β-unsaturated/α-hetero) is 1. The van der Waals surface area contributed by atoms with E-state index in [9.17, 15) is 14.7 Å². The summed E-state index contributed by atoms with van der Waals surface area (Å²) in [4.78, 5) is 23.5. The Morgan fingerprint density at radius 3 is 2.21 bits per heavy atom. The molecular formula is C16H10O3. The lowest BCUT2D eigenvalue weighted by Gasteiger charge is -2.05. The van der Waals surface area contributed by atoms with Crippen molar-refractivity contribution in [2.45, 2.75) is 0 Å². The first kappa shape index (κ1) is 11.4. The largest absolute Gasteiger partial charge is 0.478 e. The third-order valence-electron chi connectivity index (χ3n) is 3.20. The van der Waals surface area contributed by atoms with Crippen molar-refractivity contribution < 1.29 is 14.7 Å². The molecule has 2 aromatic carbocycles. The number of carbonyl (C=O) groups excluding carboxylic acids is 1. The van der Waals surface area contributed by atoms with Crippen molar-refractivity contribution in [3.8, 4) is 0 Å². The van der Waals surface area contributed by atoms with Crippen molar-refractivity contribution >= 4 is 23.4 Å². The van der Waals surface area contributed by atoms with Crippen molar-refractivity contribution in [1.82, 2.24) is 0 Å². The molecule has 0 amide bonds. The zero-order valence-corrected chi connectivity index (χ0v) is 9.96. The number of benzene rings is 2. The molecule has 0 heterocycles. The van der Waals surface area contributed by atoms with Gasteiger partial charge in [-0.05, 0) is 17.7 Å². The van der Waals surface area contributed by atoms with Crippen LogP contribution in [0.25, 0.3) is 11.6 Å². The second kappa shape index (κ2) is 4.21. The van der Waals surface area contributed by atoms with E-state index in [4.69, 9.17) is 0 Å². The van der Waals surface area contributed by atoms with Gasteiger partial charge >= 0.3 is 5.97 Å². The van der Waals surface area contributed by atoms with Crippen LogP contribution in [-0.4, -0.2) is 16.9 Å².